The van der Waals surface area contributed by atoms with E-state index in [1.807, 2.05) is 24.3 Å². The predicted octanol–water partition coefficient (Wildman–Crippen LogP) is -2.67. The first kappa shape index (κ1) is 44.5. The summed E-state index contributed by atoms with van der Waals surface area (Å²) in [5.74, 6) is -5.82. The van der Waals surface area contributed by atoms with Crippen molar-refractivity contribution in [2.45, 2.75) is 108 Å². The molecule has 19 nitrogen and oxygen atoms in total. The van der Waals surface area contributed by atoms with E-state index in [0.717, 1.165) is 10.9 Å². The van der Waals surface area contributed by atoms with Gasteiger partial charge < -0.3 is 57.3 Å². The molecule has 4 rings (SSSR count). The van der Waals surface area contributed by atoms with Gasteiger partial charge in [0.25, 0.3) is 0 Å². The Bertz CT molecular complexity index is 1820. The third-order valence-electron chi connectivity index (χ3n) is 10.2. The number of aromatic amines is 1. The summed E-state index contributed by atoms with van der Waals surface area (Å²) in [5, 5.41) is 33.8. The molecule has 1 aromatic heterocycles. The molecule has 2 aliphatic rings. The molecule has 2 saturated heterocycles. The molecule has 0 saturated carbocycles. The first-order valence-corrected chi connectivity index (χ1v) is 19.5. The van der Waals surface area contributed by atoms with Crippen molar-refractivity contribution in [2.24, 2.45) is 5.73 Å². The topological polar surface area (TPSA) is 285 Å². The van der Waals surface area contributed by atoms with Crippen molar-refractivity contribution in [3.63, 3.8) is 0 Å². The first-order chi connectivity index (χ1) is 27.1. The number of piperidine rings is 1. The lowest BCUT2D eigenvalue weighted by Gasteiger charge is -2.37. The van der Waals surface area contributed by atoms with Crippen molar-refractivity contribution >= 4 is 70.8 Å². The molecular formula is C37H53N9O10S. The number of aliphatic hydroxyl groups excluding tert-OH is 2. The summed E-state index contributed by atoms with van der Waals surface area (Å²) >= 11 is 3.98. The van der Waals surface area contributed by atoms with Gasteiger partial charge in [-0.25, -0.2) is 0 Å². The highest BCUT2D eigenvalue weighted by Crippen LogP contribution is 2.22. The van der Waals surface area contributed by atoms with E-state index < -0.39 is 96.4 Å². The quantitative estimate of drug-likeness (QED) is 0.0740. The highest BCUT2D eigenvalue weighted by Gasteiger charge is 2.40. The third-order valence-corrected chi connectivity index (χ3v) is 10.6. The van der Waals surface area contributed by atoms with Gasteiger partial charge in [0.2, 0.25) is 47.3 Å². The second kappa shape index (κ2) is 20.3. The van der Waals surface area contributed by atoms with Crippen LogP contribution in [-0.4, -0.2) is 146 Å². The maximum absolute atomic E-state index is 14.1. The molecule has 1 aromatic carbocycles. The van der Waals surface area contributed by atoms with Crippen molar-refractivity contribution in [2.75, 3.05) is 25.4 Å². The molecule has 2 aromatic rings. The van der Waals surface area contributed by atoms with Gasteiger partial charge in [-0.1, -0.05) is 18.2 Å². The minimum absolute atomic E-state index is 0.0448. The lowest BCUT2D eigenvalue weighted by atomic mass is 9.98. The number of para-hydroxylation sites is 1. The molecule has 8 atom stereocenters. The van der Waals surface area contributed by atoms with Crippen molar-refractivity contribution in [1.82, 2.24) is 41.4 Å². The van der Waals surface area contributed by atoms with E-state index in [2.05, 4.69) is 44.2 Å². The lowest BCUT2D eigenvalue weighted by molar-refractivity contribution is -0.147. The number of hydrogen-bond donors (Lipinski definition) is 10. The van der Waals surface area contributed by atoms with Gasteiger partial charge in [0.1, 0.15) is 42.3 Å². The molecule has 57 heavy (non-hydrogen) atoms. The molecule has 2 fully saturated rings. The number of nitrogens with one attached hydrogen (secondary N) is 6. The van der Waals surface area contributed by atoms with Crippen molar-refractivity contribution < 1.29 is 48.6 Å². The van der Waals surface area contributed by atoms with Gasteiger partial charge >= 0.3 is 0 Å². The van der Waals surface area contributed by atoms with Crippen LogP contribution in [0.5, 0.6) is 0 Å². The number of amides is 8. The summed E-state index contributed by atoms with van der Waals surface area (Å²) in [5.41, 5.74) is 6.70. The van der Waals surface area contributed by atoms with Crippen LogP contribution in [0, 0.1) is 0 Å². The van der Waals surface area contributed by atoms with Gasteiger partial charge in [-0.05, 0) is 57.6 Å². The Morgan fingerprint density at radius 2 is 1.46 bits per heavy atom. The fourth-order valence-electron chi connectivity index (χ4n) is 7.07. The van der Waals surface area contributed by atoms with E-state index in [9.17, 15) is 48.6 Å². The Morgan fingerprint density at radius 3 is 2.09 bits per heavy atom. The maximum atomic E-state index is 14.1. The van der Waals surface area contributed by atoms with Gasteiger partial charge in [0.15, 0.2) is 0 Å². The molecule has 0 radical (unpaired) electrons. The average molecular weight is 816 g/mol. The van der Waals surface area contributed by atoms with E-state index in [1.165, 1.54) is 30.6 Å². The number of aromatic nitrogens is 1. The summed E-state index contributed by atoms with van der Waals surface area (Å²) < 4.78 is 0. The smallest absolute Gasteiger partial charge is 0.248 e. The Labute approximate surface area is 335 Å². The highest BCUT2D eigenvalue weighted by molar-refractivity contribution is 7.80. The van der Waals surface area contributed by atoms with Gasteiger partial charge in [-0.2, -0.15) is 12.6 Å². The number of thiol groups is 1. The van der Waals surface area contributed by atoms with Crippen LogP contribution < -0.4 is 32.3 Å². The third kappa shape index (κ3) is 11.2. The van der Waals surface area contributed by atoms with Crippen molar-refractivity contribution in [3.05, 3.63) is 36.0 Å². The van der Waals surface area contributed by atoms with E-state index in [0.29, 0.717) is 37.8 Å². The lowest BCUT2D eigenvalue weighted by Crippen LogP contribution is -2.62. The number of rotatable bonds is 17. The van der Waals surface area contributed by atoms with Gasteiger partial charge in [0.05, 0.1) is 12.7 Å². The number of nitrogens with zero attached hydrogens (tertiary/aromatic N) is 2. The van der Waals surface area contributed by atoms with Crippen LogP contribution in [-0.2, 0) is 44.8 Å². The number of fused-ring (bicyclic) bond motifs is 1. The Hall–Kier alpha value is -5.21. The van der Waals surface area contributed by atoms with Crippen LogP contribution in [0.1, 0.15) is 58.4 Å². The van der Waals surface area contributed by atoms with E-state index >= 15 is 0 Å². The zero-order valence-corrected chi connectivity index (χ0v) is 33.1. The number of hydrogen-bond acceptors (Lipinski definition) is 11. The summed E-state index contributed by atoms with van der Waals surface area (Å²) in [6, 6.07) is -1.26. The number of benzene rings is 1. The van der Waals surface area contributed by atoms with E-state index in [4.69, 9.17) is 5.73 Å². The zero-order chi connectivity index (χ0) is 42.0. The summed E-state index contributed by atoms with van der Waals surface area (Å²) in [6.45, 7) is 3.70. The molecule has 8 amide bonds. The van der Waals surface area contributed by atoms with Crippen LogP contribution in [0.25, 0.3) is 10.9 Å². The number of carbonyl (C=O) groups is 8. The Balaban J connectivity index is 1.51. The molecule has 312 valence electrons. The normalized spacial score (nSPS) is 20.0. The van der Waals surface area contributed by atoms with Crippen LogP contribution in [0.4, 0.5) is 0 Å². The number of H-pyrrole nitrogens is 1. The average Bonchev–Trinajstić information content (AvgIpc) is 3.85. The molecule has 0 aliphatic carbocycles. The monoisotopic (exact) mass is 815 g/mol. The Kier molecular flexibility index (Phi) is 15.8. The van der Waals surface area contributed by atoms with Crippen LogP contribution in [0.2, 0.25) is 0 Å². The molecule has 10 N–H and O–H groups in total. The molecule has 2 aliphatic heterocycles. The molecule has 20 heteroatoms. The molecule has 0 unspecified atom stereocenters. The predicted molar refractivity (Wildman–Crippen MR) is 209 cm³/mol. The maximum Gasteiger partial charge on any atom is 0.248 e. The minimum atomic E-state index is -1.53. The SMILES string of the molecule is CC(=O)N1CCC[C@H]1C(=O)N[C@@H](CO)C(=O)N1CCCC[C@H]1C(=O)N[C@@H](Cc1c[nH]c2ccccc12)C(=O)N[C@@H](C)C(=O)N[C@H](C(=O)N[C@@H](CS)C(N)=O)[C@@H](C)O. The fourth-order valence-corrected chi connectivity index (χ4v) is 7.34. The second-order valence-corrected chi connectivity index (χ2v) is 14.8. The second-order valence-electron chi connectivity index (χ2n) is 14.4. The Morgan fingerprint density at radius 1 is 0.825 bits per heavy atom. The van der Waals surface area contributed by atoms with Gasteiger partial charge in [0, 0.05) is 49.3 Å². The largest absolute Gasteiger partial charge is 0.394 e. The van der Waals surface area contributed by atoms with Gasteiger partial charge in [-0.15, -0.1) is 0 Å². The number of carbonyl (C=O) groups excluding carboxylic acids is 8. The molecule has 3 heterocycles. The minimum Gasteiger partial charge on any atom is -0.394 e. The number of likely N-dealkylation sites (tertiary alicyclic amines) is 2. The number of aliphatic hydroxyl groups is 2. The molecular weight excluding hydrogens is 763 g/mol. The number of nitrogens with two attached hydrogens (primary N) is 1. The van der Waals surface area contributed by atoms with Crippen LogP contribution >= 0.6 is 12.6 Å². The zero-order valence-electron chi connectivity index (χ0n) is 32.2. The summed E-state index contributed by atoms with van der Waals surface area (Å²) in [7, 11) is 0. The highest BCUT2D eigenvalue weighted by atomic mass is 32.1. The fraction of sp³-hybridized carbons (Fsp3) is 0.568. The van der Waals surface area contributed by atoms with Gasteiger partial charge in [-0.3, -0.25) is 38.4 Å². The standard InChI is InChI=1S/C37H53N9O10S/c1-19(32(51)44-30(20(2)48)36(55)43-27(18-57)31(38)50)40-33(52)25(15-22-16-39-24-10-5-4-9-23(22)24)41-35(54)29-11-6-7-13-46(29)37(56)26(17-47)42-34(53)28-12-8-14-45(28)21(3)49/h4-5,9-10,16,19-20,25-30,39,47-48,57H,6-8,11-15,17-18H2,1-3H3,(H2,38,50)(H,40,52)(H,41,54)(H,42,53)(H,43,55)(H,44,51)/t19-,20+,25-,26-,27-,28-,29-,30-/m0/s1. The summed E-state index contributed by atoms with van der Waals surface area (Å²) in [4.78, 5) is 111. The first-order valence-electron chi connectivity index (χ1n) is 18.9. The van der Waals surface area contributed by atoms with Crippen molar-refractivity contribution in [3.8, 4) is 0 Å². The van der Waals surface area contributed by atoms with Crippen molar-refractivity contribution in [1.29, 1.82) is 0 Å². The van der Waals surface area contributed by atoms with Crippen LogP contribution in [0.15, 0.2) is 30.5 Å². The molecule has 0 bridgehead atoms. The van der Waals surface area contributed by atoms with Crippen LogP contribution in [0.3, 0.4) is 0 Å². The molecule has 0 spiro atoms. The number of primary amides is 1. The van der Waals surface area contributed by atoms with E-state index in [-0.39, 0.29) is 31.0 Å². The summed E-state index contributed by atoms with van der Waals surface area (Å²) in [6.07, 6.45) is 2.55. The van der Waals surface area contributed by atoms with E-state index in [1.54, 1.807) is 6.20 Å².